The SMILES string of the molecule is CSCC[C@H](Nc1nc(C)cc(C)n1)C(=O)N[C@H]1CCS(=O)(=O)C1. The van der Waals surface area contributed by atoms with Crippen LogP contribution in [0.15, 0.2) is 6.07 Å². The molecule has 0 radical (unpaired) electrons. The monoisotopic (exact) mass is 372 g/mol. The number of carbonyl (C=O) groups is 1. The number of thioether (sulfide) groups is 1. The Kier molecular flexibility index (Phi) is 6.45. The van der Waals surface area contributed by atoms with E-state index in [0.29, 0.717) is 18.8 Å². The lowest BCUT2D eigenvalue weighted by molar-refractivity contribution is -0.122. The number of rotatable bonds is 7. The van der Waals surface area contributed by atoms with Crippen molar-refractivity contribution in [2.75, 3.05) is 28.8 Å². The molecule has 24 heavy (non-hydrogen) atoms. The van der Waals surface area contributed by atoms with Gasteiger partial charge in [-0.05, 0) is 44.8 Å². The zero-order valence-corrected chi connectivity index (χ0v) is 15.8. The van der Waals surface area contributed by atoms with Gasteiger partial charge in [0.05, 0.1) is 11.5 Å². The molecule has 0 aliphatic carbocycles. The second-order valence-corrected chi connectivity index (χ2v) is 9.28. The van der Waals surface area contributed by atoms with Crippen molar-refractivity contribution in [3.05, 3.63) is 17.5 Å². The summed E-state index contributed by atoms with van der Waals surface area (Å²) >= 11 is 1.65. The van der Waals surface area contributed by atoms with Gasteiger partial charge in [-0.2, -0.15) is 11.8 Å². The Morgan fingerprint density at radius 3 is 2.58 bits per heavy atom. The fraction of sp³-hybridized carbons (Fsp3) is 0.667. The average Bonchev–Trinajstić information content (AvgIpc) is 2.81. The molecule has 1 aromatic heterocycles. The highest BCUT2D eigenvalue weighted by atomic mass is 32.2. The fourth-order valence-corrected chi connectivity index (χ4v) is 4.81. The van der Waals surface area contributed by atoms with Gasteiger partial charge in [0.15, 0.2) is 9.84 Å². The number of nitrogens with one attached hydrogen (secondary N) is 2. The Hall–Kier alpha value is -1.35. The number of amides is 1. The summed E-state index contributed by atoms with van der Waals surface area (Å²) in [6.45, 7) is 3.75. The fourth-order valence-electron chi connectivity index (χ4n) is 2.66. The van der Waals surface area contributed by atoms with Crippen molar-refractivity contribution in [3.8, 4) is 0 Å². The van der Waals surface area contributed by atoms with E-state index in [1.165, 1.54) is 0 Å². The first kappa shape index (κ1) is 19.0. The minimum absolute atomic E-state index is 0.0219. The first-order valence-electron chi connectivity index (χ1n) is 7.87. The maximum absolute atomic E-state index is 12.6. The molecule has 9 heteroatoms. The van der Waals surface area contributed by atoms with Crippen molar-refractivity contribution in [3.63, 3.8) is 0 Å². The molecule has 0 bridgehead atoms. The molecular weight excluding hydrogens is 348 g/mol. The van der Waals surface area contributed by atoms with Crippen LogP contribution in [0.4, 0.5) is 5.95 Å². The maximum Gasteiger partial charge on any atom is 0.242 e. The molecule has 2 rings (SSSR count). The van der Waals surface area contributed by atoms with E-state index in [2.05, 4.69) is 20.6 Å². The number of sulfone groups is 1. The minimum atomic E-state index is -3.02. The third-order valence-corrected chi connectivity index (χ3v) is 6.20. The van der Waals surface area contributed by atoms with E-state index in [0.717, 1.165) is 17.1 Å². The summed E-state index contributed by atoms with van der Waals surface area (Å²) in [5.74, 6) is 1.19. The lowest BCUT2D eigenvalue weighted by Crippen LogP contribution is -2.45. The van der Waals surface area contributed by atoms with Gasteiger partial charge in [-0.3, -0.25) is 4.79 Å². The van der Waals surface area contributed by atoms with E-state index in [1.54, 1.807) is 11.8 Å². The number of hydrogen-bond donors (Lipinski definition) is 2. The first-order valence-corrected chi connectivity index (χ1v) is 11.1. The molecule has 0 spiro atoms. The Morgan fingerprint density at radius 1 is 1.38 bits per heavy atom. The van der Waals surface area contributed by atoms with E-state index in [1.807, 2.05) is 26.2 Å². The van der Waals surface area contributed by atoms with E-state index in [4.69, 9.17) is 0 Å². The number of nitrogens with zero attached hydrogens (tertiary/aromatic N) is 2. The van der Waals surface area contributed by atoms with Crippen LogP contribution in [0.25, 0.3) is 0 Å². The molecule has 1 fully saturated rings. The van der Waals surface area contributed by atoms with Crippen LogP contribution in [-0.4, -0.2) is 59.9 Å². The van der Waals surface area contributed by atoms with Crippen molar-refractivity contribution >= 4 is 33.5 Å². The van der Waals surface area contributed by atoms with Gasteiger partial charge in [-0.25, -0.2) is 18.4 Å². The molecule has 2 atom stereocenters. The Balaban J connectivity index is 2.05. The van der Waals surface area contributed by atoms with Gasteiger partial charge >= 0.3 is 0 Å². The quantitative estimate of drug-likeness (QED) is 0.734. The van der Waals surface area contributed by atoms with Crippen LogP contribution in [0.2, 0.25) is 0 Å². The van der Waals surface area contributed by atoms with Gasteiger partial charge in [-0.1, -0.05) is 0 Å². The van der Waals surface area contributed by atoms with Crippen LogP contribution in [0.1, 0.15) is 24.2 Å². The molecule has 1 aromatic rings. The minimum Gasteiger partial charge on any atom is -0.351 e. The largest absolute Gasteiger partial charge is 0.351 e. The third kappa shape index (κ3) is 5.62. The number of aromatic nitrogens is 2. The lowest BCUT2D eigenvalue weighted by Gasteiger charge is -2.20. The van der Waals surface area contributed by atoms with Crippen molar-refractivity contribution < 1.29 is 13.2 Å². The molecule has 0 unspecified atom stereocenters. The molecule has 1 amide bonds. The van der Waals surface area contributed by atoms with E-state index < -0.39 is 15.9 Å². The predicted molar refractivity (Wildman–Crippen MR) is 97.1 cm³/mol. The molecule has 134 valence electrons. The Bertz CT molecular complexity index is 674. The normalized spacial score (nSPS) is 20.5. The van der Waals surface area contributed by atoms with Crippen LogP contribution in [0.5, 0.6) is 0 Å². The van der Waals surface area contributed by atoms with E-state index >= 15 is 0 Å². The Labute approximate surface area is 147 Å². The zero-order valence-electron chi connectivity index (χ0n) is 14.2. The summed E-state index contributed by atoms with van der Waals surface area (Å²) in [6.07, 6.45) is 3.07. The van der Waals surface area contributed by atoms with Gasteiger partial charge in [0, 0.05) is 17.4 Å². The molecule has 2 heterocycles. The second-order valence-electron chi connectivity index (χ2n) is 6.06. The van der Waals surface area contributed by atoms with Crippen LogP contribution in [-0.2, 0) is 14.6 Å². The second kappa shape index (κ2) is 8.15. The molecule has 1 aliphatic heterocycles. The highest BCUT2D eigenvalue weighted by Crippen LogP contribution is 2.13. The smallest absolute Gasteiger partial charge is 0.242 e. The predicted octanol–water partition coefficient (Wildman–Crippen LogP) is 0.930. The summed E-state index contributed by atoms with van der Waals surface area (Å²) in [5.41, 5.74) is 1.66. The number of anilines is 1. The molecule has 0 saturated carbocycles. The summed E-state index contributed by atoms with van der Waals surface area (Å²) in [6, 6.07) is 1.08. The van der Waals surface area contributed by atoms with E-state index in [9.17, 15) is 13.2 Å². The van der Waals surface area contributed by atoms with Gasteiger partial charge in [-0.15, -0.1) is 0 Å². The van der Waals surface area contributed by atoms with E-state index in [-0.39, 0.29) is 23.5 Å². The van der Waals surface area contributed by atoms with Crippen molar-refractivity contribution in [1.29, 1.82) is 0 Å². The highest BCUT2D eigenvalue weighted by Gasteiger charge is 2.31. The number of hydrogen-bond acceptors (Lipinski definition) is 7. The summed E-state index contributed by atoms with van der Waals surface area (Å²) in [7, 11) is -3.02. The topological polar surface area (TPSA) is 101 Å². The summed E-state index contributed by atoms with van der Waals surface area (Å²) in [4.78, 5) is 21.2. The van der Waals surface area contributed by atoms with Crippen molar-refractivity contribution in [2.45, 2.75) is 38.8 Å². The lowest BCUT2D eigenvalue weighted by atomic mass is 10.2. The highest BCUT2D eigenvalue weighted by molar-refractivity contribution is 7.98. The average molecular weight is 373 g/mol. The van der Waals surface area contributed by atoms with Gasteiger partial charge in [0.1, 0.15) is 6.04 Å². The molecule has 1 saturated heterocycles. The van der Waals surface area contributed by atoms with Crippen molar-refractivity contribution in [2.24, 2.45) is 0 Å². The summed E-state index contributed by atoms with van der Waals surface area (Å²) in [5, 5.41) is 5.94. The van der Waals surface area contributed by atoms with Crippen LogP contribution >= 0.6 is 11.8 Å². The van der Waals surface area contributed by atoms with Crippen LogP contribution < -0.4 is 10.6 Å². The summed E-state index contributed by atoms with van der Waals surface area (Å²) < 4.78 is 23.1. The molecule has 0 aromatic carbocycles. The van der Waals surface area contributed by atoms with Gasteiger partial charge in [0.2, 0.25) is 11.9 Å². The molecular formula is C15H24N4O3S2. The van der Waals surface area contributed by atoms with Crippen molar-refractivity contribution in [1.82, 2.24) is 15.3 Å². The van der Waals surface area contributed by atoms with Crippen LogP contribution in [0.3, 0.4) is 0 Å². The van der Waals surface area contributed by atoms with Crippen LogP contribution in [0, 0.1) is 13.8 Å². The third-order valence-electron chi connectivity index (χ3n) is 3.79. The molecule has 7 nitrogen and oxygen atoms in total. The number of carbonyl (C=O) groups excluding carboxylic acids is 1. The Morgan fingerprint density at radius 2 is 2.04 bits per heavy atom. The number of aryl methyl sites for hydroxylation is 2. The molecule has 2 N–H and O–H groups in total. The van der Waals surface area contributed by atoms with Gasteiger partial charge < -0.3 is 10.6 Å². The standard InChI is InChI=1S/C15H24N4O3S2/c1-10-8-11(2)17-15(16-10)19-13(4-6-23-3)14(20)18-12-5-7-24(21,22)9-12/h8,12-13H,4-7,9H2,1-3H3,(H,18,20)(H,16,17,19)/t12-,13-/m0/s1. The molecule has 1 aliphatic rings. The zero-order chi connectivity index (χ0) is 17.7. The first-order chi connectivity index (χ1) is 11.3. The van der Waals surface area contributed by atoms with Gasteiger partial charge in [0.25, 0.3) is 0 Å². The maximum atomic E-state index is 12.6.